The van der Waals surface area contributed by atoms with Gasteiger partial charge in [-0.05, 0) is 55.5 Å². The minimum Gasteiger partial charge on any atom is -0.330 e. The van der Waals surface area contributed by atoms with Crippen LogP contribution in [-0.4, -0.2) is 31.1 Å². The molecule has 1 aliphatic rings. The largest absolute Gasteiger partial charge is 0.330 e. The number of hydrogen-bond acceptors (Lipinski definition) is 2. The first-order valence-corrected chi connectivity index (χ1v) is 10.6. The maximum Gasteiger partial charge on any atom is 0.00190 e. The molecule has 0 bridgehead atoms. The molecule has 0 saturated carbocycles. The minimum atomic E-state index is 0.840. The normalized spacial score (nSPS) is 15.1. The lowest BCUT2D eigenvalue weighted by atomic mass is 9.88. The van der Waals surface area contributed by atoms with Gasteiger partial charge < -0.3 is 10.6 Å². The van der Waals surface area contributed by atoms with Crippen molar-refractivity contribution >= 4 is 5.57 Å². The first-order chi connectivity index (χ1) is 13.4. The molecule has 0 aliphatic carbocycles. The molecule has 144 valence electrons. The van der Waals surface area contributed by atoms with Crippen molar-refractivity contribution in [1.82, 2.24) is 4.90 Å². The topological polar surface area (TPSA) is 29.3 Å². The van der Waals surface area contributed by atoms with Crippen LogP contribution in [0.3, 0.4) is 0 Å². The first-order valence-electron chi connectivity index (χ1n) is 10.6. The van der Waals surface area contributed by atoms with Crippen molar-refractivity contribution in [3.05, 3.63) is 77.4 Å². The highest BCUT2D eigenvalue weighted by Gasteiger charge is 2.18. The summed E-state index contributed by atoms with van der Waals surface area (Å²) in [5.41, 5.74) is 11.3. The second-order valence-corrected chi connectivity index (χ2v) is 7.61. The predicted molar refractivity (Wildman–Crippen MR) is 117 cm³/mol. The molecule has 2 aromatic rings. The molecule has 0 aromatic heterocycles. The highest BCUT2D eigenvalue weighted by Crippen LogP contribution is 2.32. The number of nitrogens with two attached hydrogens (primary N) is 1. The van der Waals surface area contributed by atoms with Crippen LogP contribution >= 0.6 is 0 Å². The molecule has 2 N–H and O–H groups in total. The minimum absolute atomic E-state index is 0.840. The van der Waals surface area contributed by atoms with Gasteiger partial charge in [-0.1, -0.05) is 85.5 Å². The van der Waals surface area contributed by atoms with E-state index in [1.165, 1.54) is 81.3 Å². The second-order valence-electron chi connectivity index (χ2n) is 7.61. The number of rotatable bonds is 9. The van der Waals surface area contributed by atoms with Crippen molar-refractivity contribution in [2.24, 2.45) is 5.73 Å². The Labute approximate surface area is 165 Å². The summed E-state index contributed by atoms with van der Waals surface area (Å²) in [6, 6.07) is 21.8. The van der Waals surface area contributed by atoms with Crippen LogP contribution in [0.25, 0.3) is 5.57 Å². The predicted octanol–water partition coefficient (Wildman–Crippen LogP) is 5.49. The van der Waals surface area contributed by atoms with Gasteiger partial charge in [0.05, 0.1) is 0 Å². The summed E-state index contributed by atoms with van der Waals surface area (Å²) >= 11 is 0. The molecule has 0 unspecified atom stereocenters. The summed E-state index contributed by atoms with van der Waals surface area (Å²) in [6.07, 6.45) is 8.85. The van der Waals surface area contributed by atoms with Crippen LogP contribution in [0.15, 0.2) is 66.2 Å². The number of likely N-dealkylation sites (tertiary alicyclic amines) is 1. The van der Waals surface area contributed by atoms with Gasteiger partial charge >= 0.3 is 0 Å². The molecule has 1 aliphatic heterocycles. The fraction of sp³-hybridized carbons (Fsp3) is 0.440. The van der Waals surface area contributed by atoms with Crippen molar-refractivity contribution in [2.45, 2.75) is 44.9 Å². The summed E-state index contributed by atoms with van der Waals surface area (Å²) < 4.78 is 0. The second kappa shape index (κ2) is 11.1. The summed E-state index contributed by atoms with van der Waals surface area (Å²) in [6.45, 7) is 4.48. The number of piperidine rings is 1. The molecule has 1 heterocycles. The molecule has 0 atom stereocenters. The van der Waals surface area contributed by atoms with Crippen LogP contribution in [0.5, 0.6) is 0 Å². The van der Waals surface area contributed by atoms with Gasteiger partial charge in [0.2, 0.25) is 0 Å². The van der Waals surface area contributed by atoms with Gasteiger partial charge in [0.1, 0.15) is 0 Å². The van der Waals surface area contributed by atoms with Crippen molar-refractivity contribution in [1.29, 1.82) is 0 Å². The number of benzene rings is 2. The molecule has 0 amide bonds. The fourth-order valence-corrected chi connectivity index (χ4v) is 4.09. The molecule has 2 heteroatoms. The van der Waals surface area contributed by atoms with E-state index in [1.54, 1.807) is 5.57 Å². The Morgan fingerprint density at radius 1 is 0.704 bits per heavy atom. The van der Waals surface area contributed by atoms with E-state index in [0.29, 0.717) is 0 Å². The Bertz CT molecular complexity index is 639. The summed E-state index contributed by atoms with van der Waals surface area (Å²) in [5.74, 6) is 0. The lowest BCUT2D eigenvalue weighted by Crippen LogP contribution is -2.32. The van der Waals surface area contributed by atoms with Crippen LogP contribution in [0.2, 0.25) is 0 Å². The Morgan fingerprint density at radius 2 is 1.22 bits per heavy atom. The summed E-state index contributed by atoms with van der Waals surface area (Å²) in [5, 5.41) is 0. The van der Waals surface area contributed by atoms with Gasteiger partial charge in [-0.15, -0.1) is 0 Å². The number of hydrogen-bond donors (Lipinski definition) is 1. The van der Waals surface area contributed by atoms with Crippen LogP contribution < -0.4 is 5.73 Å². The van der Waals surface area contributed by atoms with E-state index in [4.69, 9.17) is 5.73 Å². The Morgan fingerprint density at radius 3 is 1.78 bits per heavy atom. The van der Waals surface area contributed by atoms with E-state index in [9.17, 15) is 0 Å². The summed E-state index contributed by atoms with van der Waals surface area (Å²) in [4.78, 5) is 2.65. The quantitative estimate of drug-likeness (QED) is 0.597. The zero-order valence-corrected chi connectivity index (χ0v) is 16.6. The van der Waals surface area contributed by atoms with Crippen LogP contribution in [0.4, 0.5) is 0 Å². The third-order valence-electron chi connectivity index (χ3n) is 5.62. The van der Waals surface area contributed by atoms with Crippen molar-refractivity contribution in [3.63, 3.8) is 0 Å². The Hall–Kier alpha value is -1.90. The molecule has 0 radical (unpaired) electrons. The molecule has 2 nitrogen and oxygen atoms in total. The van der Waals surface area contributed by atoms with Crippen LogP contribution in [-0.2, 0) is 0 Å². The number of nitrogens with zero attached hydrogens (tertiary/aromatic N) is 1. The average Bonchev–Trinajstić information content (AvgIpc) is 2.73. The Kier molecular flexibility index (Phi) is 8.13. The maximum absolute atomic E-state index is 5.57. The molecular formula is C25H34N2. The fourth-order valence-electron chi connectivity index (χ4n) is 4.09. The molecule has 0 spiro atoms. The highest BCUT2D eigenvalue weighted by atomic mass is 15.1. The van der Waals surface area contributed by atoms with E-state index in [0.717, 1.165) is 6.54 Å². The standard InChI is InChI=1S/C25H34N2/c26-18-10-2-1-3-11-19-27-20-16-24(17-21-27)25(22-12-6-4-7-13-22)23-14-8-5-9-15-23/h4-9,12-15H,1-3,10-11,16-21,26H2. The lowest BCUT2D eigenvalue weighted by molar-refractivity contribution is 0.251. The smallest absolute Gasteiger partial charge is 0.00190 e. The van der Waals surface area contributed by atoms with Crippen molar-refractivity contribution in [3.8, 4) is 0 Å². The van der Waals surface area contributed by atoms with E-state index >= 15 is 0 Å². The molecule has 27 heavy (non-hydrogen) atoms. The summed E-state index contributed by atoms with van der Waals surface area (Å²) in [7, 11) is 0. The van der Waals surface area contributed by atoms with Gasteiger partial charge in [0.25, 0.3) is 0 Å². The molecular weight excluding hydrogens is 328 g/mol. The number of unbranched alkanes of at least 4 members (excludes halogenated alkanes) is 4. The zero-order valence-electron chi connectivity index (χ0n) is 16.6. The third-order valence-corrected chi connectivity index (χ3v) is 5.62. The first kappa shape index (κ1) is 19.9. The van der Waals surface area contributed by atoms with E-state index in [-0.39, 0.29) is 0 Å². The van der Waals surface area contributed by atoms with Crippen LogP contribution in [0.1, 0.15) is 56.1 Å². The monoisotopic (exact) mass is 362 g/mol. The third kappa shape index (κ3) is 6.05. The molecule has 3 rings (SSSR count). The van der Waals surface area contributed by atoms with Gasteiger partial charge in [-0.2, -0.15) is 0 Å². The van der Waals surface area contributed by atoms with Gasteiger partial charge in [-0.3, -0.25) is 0 Å². The van der Waals surface area contributed by atoms with E-state index in [1.807, 2.05) is 0 Å². The lowest BCUT2D eigenvalue weighted by Gasteiger charge is -2.30. The molecule has 2 aromatic carbocycles. The highest BCUT2D eigenvalue weighted by molar-refractivity contribution is 5.82. The maximum atomic E-state index is 5.57. The van der Waals surface area contributed by atoms with Gasteiger partial charge in [-0.25, -0.2) is 0 Å². The van der Waals surface area contributed by atoms with Crippen molar-refractivity contribution in [2.75, 3.05) is 26.2 Å². The van der Waals surface area contributed by atoms with E-state index in [2.05, 4.69) is 65.6 Å². The van der Waals surface area contributed by atoms with Gasteiger partial charge in [0.15, 0.2) is 0 Å². The van der Waals surface area contributed by atoms with Crippen LogP contribution in [0, 0.1) is 0 Å². The Balaban J connectivity index is 1.61. The van der Waals surface area contributed by atoms with Crippen molar-refractivity contribution < 1.29 is 0 Å². The molecule has 1 fully saturated rings. The van der Waals surface area contributed by atoms with Gasteiger partial charge in [0, 0.05) is 13.1 Å². The van der Waals surface area contributed by atoms with E-state index < -0.39 is 0 Å². The SMILES string of the molecule is NCCCCCCCN1CCC(=C(c2ccccc2)c2ccccc2)CC1. The average molecular weight is 363 g/mol. The molecule has 1 saturated heterocycles. The zero-order chi connectivity index (χ0) is 18.7.